The molecule has 2 bridgehead atoms. The summed E-state index contributed by atoms with van der Waals surface area (Å²) in [5.41, 5.74) is 1.22. The highest BCUT2D eigenvalue weighted by Crippen LogP contribution is 2.61. The second kappa shape index (κ2) is 14.2. The van der Waals surface area contributed by atoms with Crippen molar-refractivity contribution in [3.05, 3.63) is 54.6 Å². The van der Waals surface area contributed by atoms with Crippen LogP contribution in [0.25, 0.3) is 0 Å². The first kappa shape index (κ1) is 34.8. The number of amides is 3. The van der Waals surface area contributed by atoms with Gasteiger partial charge in [0, 0.05) is 23.5 Å². The largest absolute Gasteiger partial charge is 0.460 e. The topological polar surface area (TPSA) is 125 Å². The van der Waals surface area contributed by atoms with E-state index in [-0.39, 0.29) is 48.7 Å². The quantitative estimate of drug-likeness (QED) is 0.174. The number of halogens is 1. The highest BCUT2D eigenvalue weighted by atomic mass is 79.9. The van der Waals surface area contributed by atoms with E-state index in [2.05, 4.69) is 34.4 Å². The van der Waals surface area contributed by atoms with Gasteiger partial charge in [-0.1, -0.05) is 54.1 Å². The zero-order chi connectivity index (χ0) is 33.2. The number of hydrogen-bond donors (Lipinski definition) is 2. The third-order valence-electron chi connectivity index (χ3n) is 9.26. The Kier molecular flexibility index (Phi) is 11.0. The lowest BCUT2D eigenvalue weighted by Gasteiger charge is -2.40. The first-order valence-electron chi connectivity index (χ1n) is 15.6. The lowest BCUT2D eigenvalue weighted by Crippen LogP contribution is -2.60. The number of esters is 1. The third kappa shape index (κ3) is 6.49. The number of carbonyl (C=O) groups excluding carboxylic acids is 4. The predicted molar refractivity (Wildman–Crippen MR) is 175 cm³/mol. The molecule has 10 nitrogen and oxygen atoms in total. The van der Waals surface area contributed by atoms with Gasteiger partial charge in [0.05, 0.1) is 37.1 Å². The van der Waals surface area contributed by atoms with Crippen molar-refractivity contribution < 1.29 is 33.8 Å². The van der Waals surface area contributed by atoms with Crippen molar-refractivity contribution in [1.82, 2.24) is 10.2 Å². The van der Waals surface area contributed by atoms with Crippen molar-refractivity contribution in [2.45, 2.75) is 88.6 Å². The maximum atomic E-state index is 14.9. The average Bonchev–Trinajstić information content (AvgIpc) is 3.58. The lowest BCUT2D eigenvalue weighted by molar-refractivity contribution is -0.159. The number of likely N-dealkylation sites (tertiary alicyclic amines) is 1. The molecule has 11 heteroatoms. The lowest BCUT2D eigenvalue weighted by atomic mass is 9.70. The molecule has 3 amide bonds. The molecule has 3 fully saturated rings. The van der Waals surface area contributed by atoms with E-state index in [9.17, 15) is 24.3 Å². The molecule has 1 spiro atoms. The summed E-state index contributed by atoms with van der Waals surface area (Å²) < 4.78 is 12.4. The molecular weight excluding hydrogens is 642 g/mol. The van der Waals surface area contributed by atoms with Gasteiger partial charge in [-0.3, -0.25) is 19.2 Å². The molecule has 0 saturated carbocycles. The van der Waals surface area contributed by atoms with Crippen LogP contribution in [0.3, 0.4) is 0 Å². The number of aryl methyl sites for hydroxylation is 2. The Hall–Kier alpha value is -3.02. The van der Waals surface area contributed by atoms with Crippen LogP contribution in [0.1, 0.15) is 51.2 Å². The molecule has 3 saturated heterocycles. The van der Waals surface area contributed by atoms with E-state index in [1.165, 1.54) is 4.90 Å². The number of aliphatic hydroxyl groups is 1. The highest BCUT2D eigenvalue weighted by molar-refractivity contribution is 9.09. The van der Waals surface area contributed by atoms with Crippen LogP contribution < -0.4 is 10.2 Å². The summed E-state index contributed by atoms with van der Waals surface area (Å²) in [5, 5.41) is 13.3. The molecule has 1 unspecified atom stereocenters. The highest BCUT2D eigenvalue weighted by Gasteiger charge is 2.77. The molecule has 1 aromatic rings. The van der Waals surface area contributed by atoms with Crippen molar-refractivity contribution in [3.8, 4) is 0 Å². The number of nitrogens with one attached hydrogen (secondary N) is 1. The van der Waals surface area contributed by atoms with Gasteiger partial charge in [-0.05, 0) is 56.7 Å². The number of allylic oxidation sites excluding steroid dienone is 1. The Morgan fingerprint density at radius 3 is 2.58 bits per heavy atom. The van der Waals surface area contributed by atoms with Gasteiger partial charge in [0.25, 0.3) is 5.91 Å². The van der Waals surface area contributed by atoms with Gasteiger partial charge in [-0.15, -0.1) is 13.2 Å². The maximum absolute atomic E-state index is 14.9. The Balaban J connectivity index is 1.72. The van der Waals surface area contributed by atoms with E-state index in [1.54, 1.807) is 24.0 Å². The molecule has 8 atom stereocenters. The van der Waals surface area contributed by atoms with E-state index in [4.69, 9.17) is 9.47 Å². The van der Waals surface area contributed by atoms with Crippen LogP contribution in [-0.4, -0.2) is 88.1 Å². The molecule has 3 aliphatic heterocycles. The summed E-state index contributed by atoms with van der Waals surface area (Å²) in [5.74, 6) is -3.71. The minimum Gasteiger partial charge on any atom is -0.460 e. The van der Waals surface area contributed by atoms with Gasteiger partial charge in [0.2, 0.25) is 11.8 Å². The molecule has 246 valence electrons. The minimum atomic E-state index is -1.32. The zero-order valence-electron chi connectivity index (χ0n) is 26.8. The fourth-order valence-electron chi connectivity index (χ4n) is 7.09. The van der Waals surface area contributed by atoms with Crippen LogP contribution in [0.15, 0.2) is 43.5 Å². The van der Waals surface area contributed by atoms with E-state index in [0.717, 1.165) is 11.1 Å². The van der Waals surface area contributed by atoms with E-state index in [1.807, 2.05) is 45.9 Å². The van der Waals surface area contributed by atoms with Crippen molar-refractivity contribution in [1.29, 1.82) is 0 Å². The van der Waals surface area contributed by atoms with Crippen LogP contribution in [0, 0.1) is 31.6 Å². The number of anilines is 1. The molecule has 1 aromatic carbocycles. The molecule has 0 aliphatic carbocycles. The molecule has 2 N–H and O–H groups in total. The van der Waals surface area contributed by atoms with Gasteiger partial charge in [-0.2, -0.15) is 0 Å². The summed E-state index contributed by atoms with van der Waals surface area (Å²) in [4.78, 5) is 58.0. The van der Waals surface area contributed by atoms with Gasteiger partial charge in [0.15, 0.2) is 0 Å². The van der Waals surface area contributed by atoms with Gasteiger partial charge in [0.1, 0.15) is 17.7 Å². The molecule has 3 aliphatic rings. The van der Waals surface area contributed by atoms with Gasteiger partial charge >= 0.3 is 5.97 Å². The molecule has 0 radical (unpaired) electrons. The first-order chi connectivity index (χ1) is 21.3. The number of aliphatic hydroxyl groups excluding tert-OH is 1. The second-order valence-electron chi connectivity index (χ2n) is 12.8. The van der Waals surface area contributed by atoms with Crippen molar-refractivity contribution in [2.24, 2.45) is 17.8 Å². The van der Waals surface area contributed by atoms with E-state index < -0.39 is 53.6 Å². The summed E-state index contributed by atoms with van der Waals surface area (Å²) in [6.45, 7) is 16.8. The van der Waals surface area contributed by atoms with Gasteiger partial charge in [-0.25, -0.2) is 0 Å². The van der Waals surface area contributed by atoms with Crippen LogP contribution in [-0.2, 0) is 28.7 Å². The number of nitrogens with zero attached hydrogens (tertiary/aromatic N) is 2. The maximum Gasteiger partial charge on any atom is 0.312 e. The van der Waals surface area contributed by atoms with Crippen molar-refractivity contribution in [3.63, 3.8) is 0 Å². The summed E-state index contributed by atoms with van der Waals surface area (Å²) in [6, 6.07) is 4.05. The molecule has 3 heterocycles. The number of carbonyl (C=O) groups is 4. The molecule has 0 aromatic heterocycles. The van der Waals surface area contributed by atoms with Crippen LogP contribution in [0.5, 0.6) is 0 Å². The number of benzene rings is 1. The molecular formula is C34H46BrN3O7. The van der Waals surface area contributed by atoms with Crippen LogP contribution in [0.4, 0.5) is 5.69 Å². The third-order valence-corrected chi connectivity index (χ3v) is 10.1. The minimum absolute atomic E-state index is 0.112. The van der Waals surface area contributed by atoms with Crippen molar-refractivity contribution >= 4 is 45.3 Å². The number of rotatable bonds is 14. The zero-order valence-corrected chi connectivity index (χ0v) is 28.4. The van der Waals surface area contributed by atoms with Crippen molar-refractivity contribution in [2.75, 3.05) is 24.6 Å². The number of hydrogen-bond acceptors (Lipinski definition) is 7. The molecule has 4 rings (SSSR count). The van der Waals surface area contributed by atoms with Crippen LogP contribution in [0.2, 0.25) is 0 Å². The summed E-state index contributed by atoms with van der Waals surface area (Å²) in [6.07, 6.45) is 3.08. The first-order valence-corrected chi connectivity index (χ1v) is 16.6. The van der Waals surface area contributed by atoms with Crippen LogP contribution >= 0.6 is 15.9 Å². The van der Waals surface area contributed by atoms with Gasteiger partial charge < -0.3 is 29.7 Å². The SMILES string of the molecule is C=CCCC(=O)NC[C@@H](C)OC(=O)[C@@H]1[C@H]2O[C@@]3(CC2Br)[C@H](C(=O)N(CC=C)c2cc(C)ccc2C)N([C@@H](CO)C(C)C)C(=O)[C@@H]13. The van der Waals surface area contributed by atoms with E-state index >= 15 is 0 Å². The fraction of sp³-hybridized carbons (Fsp3) is 0.588. The number of alkyl halides is 1. The standard InChI is InChI=1S/C34H46BrN3O7/c1-8-10-11-26(40)36-17-22(7)44-33(43)27-28-31(41)38(25(18-39)19(3)4)30(34(28)16-23(35)29(27)45-34)32(42)37(14-9-2)24-15-20(5)12-13-21(24)6/h8-9,12-13,15,19,22-23,25,27-30,39H,1-2,10-11,14,16-18H2,3-7H3,(H,36,40)/t22-,23?,25+,27+,28-,29+,30+,34-/m1/s1. The average molecular weight is 689 g/mol. The normalized spacial score (nSPS) is 28.0. The smallest absolute Gasteiger partial charge is 0.312 e. The molecule has 45 heavy (non-hydrogen) atoms. The monoisotopic (exact) mass is 687 g/mol. The summed E-state index contributed by atoms with van der Waals surface area (Å²) >= 11 is 3.69. The Morgan fingerprint density at radius 1 is 1.24 bits per heavy atom. The second-order valence-corrected chi connectivity index (χ2v) is 14.0. The number of fused-ring (bicyclic) bond motifs is 1. The Labute approximate surface area is 274 Å². The number of ether oxygens (including phenoxy) is 2. The fourth-order valence-corrected chi connectivity index (χ4v) is 8.03. The Morgan fingerprint density at radius 2 is 1.96 bits per heavy atom. The Bertz CT molecular complexity index is 1330. The van der Waals surface area contributed by atoms with E-state index in [0.29, 0.717) is 18.5 Å². The predicted octanol–water partition coefficient (Wildman–Crippen LogP) is 3.60. The summed E-state index contributed by atoms with van der Waals surface area (Å²) in [7, 11) is 0.